The summed E-state index contributed by atoms with van der Waals surface area (Å²) in [6.45, 7) is 5.19. The van der Waals surface area contributed by atoms with Gasteiger partial charge in [-0.15, -0.1) is 0 Å². The fraction of sp³-hybridized carbons (Fsp3) is 0.217. The Bertz CT molecular complexity index is 1170. The molecule has 1 aliphatic heterocycles. The molecule has 28 heavy (non-hydrogen) atoms. The Kier molecular flexibility index (Phi) is 4.24. The number of amides is 1. The van der Waals surface area contributed by atoms with E-state index in [1.54, 1.807) is 11.3 Å². The summed E-state index contributed by atoms with van der Waals surface area (Å²) >= 11 is 1.74. The van der Waals surface area contributed by atoms with E-state index in [1.807, 2.05) is 35.2 Å². The van der Waals surface area contributed by atoms with Gasteiger partial charge in [-0.2, -0.15) is 0 Å². The summed E-state index contributed by atoms with van der Waals surface area (Å²) in [6.07, 6.45) is 0. The first-order chi connectivity index (χ1) is 13.7. The number of fused-ring (bicyclic) bond motifs is 2. The van der Waals surface area contributed by atoms with Gasteiger partial charge in [-0.3, -0.25) is 4.79 Å². The van der Waals surface area contributed by atoms with Crippen molar-refractivity contribution in [3.63, 3.8) is 0 Å². The van der Waals surface area contributed by atoms with E-state index in [1.165, 1.54) is 10.3 Å². The van der Waals surface area contributed by atoms with Crippen molar-refractivity contribution in [2.75, 3.05) is 31.1 Å². The van der Waals surface area contributed by atoms with Gasteiger partial charge in [0.1, 0.15) is 0 Å². The number of benzene rings is 3. The maximum absolute atomic E-state index is 13.0. The Balaban J connectivity index is 1.30. The normalized spacial score (nSPS) is 14.8. The molecule has 1 saturated heterocycles. The lowest BCUT2D eigenvalue weighted by Gasteiger charge is -2.34. The van der Waals surface area contributed by atoms with Gasteiger partial charge in [0.15, 0.2) is 5.13 Å². The van der Waals surface area contributed by atoms with Gasteiger partial charge in [0, 0.05) is 31.7 Å². The summed E-state index contributed by atoms with van der Waals surface area (Å²) in [6, 6.07) is 20.5. The Labute approximate surface area is 168 Å². The zero-order valence-electron chi connectivity index (χ0n) is 15.8. The van der Waals surface area contributed by atoms with Crippen LogP contribution in [0.25, 0.3) is 21.0 Å². The maximum Gasteiger partial charge on any atom is 0.253 e. The van der Waals surface area contributed by atoms with E-state index in [0.717, 1.165) is 53.2 Å². The maximum atomic E-state index is 13.0. The van der Waals surface area contributed by atoms with Crippen molar-refractivity contribution < 1.29 is 4.79 Å². The first-order valence-electron chi connectivity index (χ1n) is 9.58. The first-order valence-corrected chi connectivity index (χ1v) is 10.4. The molecule has 0 N–H and O–H groups in total. The average Bonchev–Trinajstić information content (AvgIpc) is 3.16. The van der Waals surface area contributed by atoms with Crippen LogP contribution in [0.5, 0.6) is 0 Å². The third-order valence-corrected chi connectivity index (χ3v) is 6.45. The minimum atomic E-state index is 0.116. The van der Waals surface area contributed by atoms with Crippen molar-refractivity contribution in [2.24, 2.45) is 0 Å². The van der Waals surface area contributed by atoms with Gasteiger partial charge in [0.05, 0.1) is 10.2 Å². The Hall–Kier alpha value is -2.92. The molecule has 5 rings (SSSR count). The van der Waals surface area contributed by atoms with Crippen molar-refractivity contribution in [1.82, 2.24) is 9.88 Å². The zero-order chi connectivity index (χ0) is 19.1. The number of nitrogens with zero attached hydrogens (tertiary/aromatic N) is 3. The summed E-state index contributed by atoms with van der Waals surface area (Å²) in [5.74, 6) is 0.116. The molecule has 0 bridgehead atoms. The summed E-state index contributed by atoms with van der Waals surface area (Å²) < 4.78 is 1.23. The van der Waals surface area contributed by atoms with Crippen LogP contribution >= 0.6 is 11.3 Å². The van der Waals surface area contributed by atoms with Gasteiger partial charge in [-0.05, 0) is 47.5 Å². The lowest BCUT2D eigenvalue weighted by molar-refractivity contribution is 0.0747. The lowest BCUT2D eigenvalue weighted by Crippen LogP contribution is -2.48. The molecule has 3 aromatic carbocycles. The average molecular weight is 388 g/mol. The molecular weight excluding hydrogens is 366 g/mol. The van der Waals surface area contributed by atoms with Crippen LogP contribution in [-0.2, 0) is 0 Å². The number of aromatic nitrogens is 1. The summed E-state index contributed by atoms with van der Waals surface area (Å²) in [7, 11) is 0. The molecule has 1 fully saturated rings. The van der Waals surface area contributed by atoms with Crippen molar-refractivity contribution in [3.8, 4) is 0 Å². The second kappa shape index (κ2) is 6.91. The molecule has 2 heterocycles. The van der Waals surface area contributed by atoms with E-state index < -0.39 is 0 Å². The minimum absolute atomic E-state index is 0.116. The van der Waals surface area contributed by atoms with E-state index in [0.29, 0.717) is 0 Å². The van der Waals surface area contributed by atoms with Crippen LogP contribution < -0.4 is 4.90 Å². The molecule has 140 valence electrons. The predicted molar refractivity (Wildman–Crippen MR) is 116 cm³/mol. The molecule has 0 radical (unpaired) electrons. The molecule has 4 aromatic rings. The summed E-state index contributed by atoms with van der Waals surface area (Å²) in [5.41, 5.74) is 3.08. The van der Waals surface area contributed by atoms with Crippen LogP contribution in [0.1, 0.15) is 15.9 Å². The van der Waals surface area contributed by atoms with Gasteiger partial charge in [-0.1, -0.05) is 47.7 Å². The minimum Gasteiger partial charge on any atom is -0.345 e. The highest BCUT2D eigenvalue weighted by atomic mass is 32.1. The molecule has 5 heteroatoms. The number of hydrogen-bond acceptors (Lipinski definition) is 4. The van der Waals surface area contributed by atoms with E-state index in [9.17, 15) is 4.79 Å². The third-order valence-electron chi connectivity index (χ3n) is 5.37. The summed E-state index contributed by atoms with van der Waals surface area (Å²) in [5, 5.41) is 3.32. The Morgan fingerprint density at radius 2 is 1.71 bits per heavy atom. The fourth-order valence-corrected chi connectivity index (χ4v) is 4.88. The molecule has 0 spiro atoms. The van der Waals surface area contributed by atoms with Gasteiger partial charge >= 0.3 is 0 Å². The first kappa shape index (κ1) is 17.2. The van der Waals surface area contributed by atoms with Crippen molar-refractivity contribution in [1.29, 1.82) is 0 Å². The number of thiazole rings is 1. The van der Waals surface area contributed by atoms with Crippen LogP contribution in [0, 0.1) is 6.92 Å². The number of anilines is 1. The SMILES string of the molecule is Cc1ccc2nc(N3CCN(C(=O)c4ccc5ccccc5c4)CC3)sc2c1. The van der Waals surface area contributed by atoms with E-state index >= 15 is 0 Å². The van der Waals surface area contributed by atoms with E-state index in [2.05, 4.69) is 42.2 Å². The zero-order valence-corrected chi connectivity index (χ0v) is 16.6. The van der Waals surface area contributed by atoms with Gasteiger partial charge < -0.3 is 9.80 Å². The van der Waals surface area contributed by atoms with Crippen molar-refractivity contribution >= 4 is 43.4 Å². The fourth-order valence-electron chi connectivity index (χ4n) is 3.76. The molecule has 1 amide bonds. The number of aryl methyl sites for hydroxylation is 1. The van der Waals surface area contributed by atoms with E-state index in [4.69, 9.17) is 4.98 Å². The van der Waals surface area contributed by atoms with Crippen LogP contribution in [0.4, 0.5) is 5.13 Å². The number of piperazine rings is 1. The lowest BCUT2D eigenvalue weighted by atomic mass is 10.1. The highest BCUT2D eigenvalue weighted by molar-refractivity contribution is 7.22. The standard InChI is InChI=1S/C23H21N3OS/c1-16-6-9-20-21(14-16)28-23(24-20)26-12-10-25(11-13-26)22(27)19-8-7-17-4-2-3-5-18(17)15-19/h2-9,14-15H,10-13H2,1H3. The smallest absolute Gasteiger partial charge is 0.253 e. The van der Waals surface area contributed by atoms with Crippen LogP contribution in [0.3, 0.4) is 0 Å². The highest BCUT2D eigenvalue weighted by Gasteiger charge is 2.24. The van der Waals surface area contributed by atoms with Gasteiger partial charge in [0.25, 0.3) is 5.91 Å². The number of rotatable bonds is 2. The molecule has 4 nitrogen and oxygen atoms in total. The molecule has 0 unspecified atom stereocenters. The van der Waals surface area contributed by atoms with Crippen LogP contribution in [-0.4, -0.2) is 42.0 Å². The Morgan fingerprint density at radius 3 is 2.54 bits per heavy atom. The highest BCUT2D eigenvalue weighted by Crippen LogP contribution is 2.30. The molecule has 1 aromatic heterocycles. The topological polar surface area (TPSA) is 36.4 Å². The number of carbonyl (C=O) groups excluding carboxylic acids is 1. The van der Waals surface area contributed by atoms with Crippen LogP contribution in [0.15, 0.2) is 60.7 Å². The second-order valence-electron chi connectivity index (χ2n) is 7.31. The number of hydrogen-bond donors (Lipinski definition) is 0. The third kappa shape index (κ3) is 3.12. The monoisotopic (exact) mass is 387 g/mol. The molecular formula is C23H21N3OS. The molecule has 1 aliphatic rings. The number of carbonyl (C=O) groups is 1. The van der Waals surface area contributed by atoms with Gasteiger partial charge in [-0.25, -0.2) is 4.98 Å². The molecule has 0 atom stereocenters. The molecule has 0 aliphatic carbocycles. The summed E-state index contributed by atoms with van der Waals surface area (Å²) in [4.78, 5) is 22.0. The largest absolute Gasteiger partial charge is 0.345 e. The Morgan fingerprint density at radius 1 is 0.929 bits per heavy atom. The van der Waals surface area contributed by atoms with Crippen LogP contribution in [0.2, 0.25) is 0 Å². The second-order valence-corrected chi connectivity index (χ2v) is 8.32. The van der Waals surface area contributed by atoms with Crippen molar-refractivity contribution in [2.45, 2.75) is 6.92 Å². The molecule has 0 saturated carbocycles. The predicted octanol–water partition coefficient (Wildman–Crippen LogP) is 4.72. The van der Waals surface area contributed by atoms with Gasteiger partial charge in [0.2, 0.25) is 0 Å². The van der Waals surface area contributed by atoms with E-state index in [-0.39, 0.29) is 5.91 Å². The van der Waals surface area contributed by atoms with Crippen molar-refractivity contribution in [3.05, 3.63) is 71.8 Å². The quantitative estimate of drug-likeness (QED) is 0.499.